The quantitative estimate of drug-likeness (QED) is 0.637. The summed E-state index contributed by atoms with van der Waals surface area (Å²) in [6.07, 6.45) is 1.76. The first-order valence-corrected chi connectivity index (χ1v) is 5.42. The summed E-state index contributed by atoms with van der Waals surface area (Å²) >= 11 is 0. The number of methoxy groups -OCH3 is 1. The van der Waals surface area contributed by atoms with E-state index in [4.69, 9.17) is 4.74 Å². The average molecular weight is 275 g/mol. The summed E-state index contributed by atoms with van der Waals surface area (Å²) in [7, 11) is 1.60. The molecule has 1 aliphatic rings. The standard InChI is InChI=1S/C10H18BF3NO.K/c1-9(11(12,13)14)7-15-6-4-5-10(2,8-15)16-3;/h1,4-8H2,2-3H3;/q-1;+1. The molecule has 0 radical (unpaired) electrons. The third-order valence-corrected chi connectivity index (χ3v) is 3.12. The Balaban J connectivity index is 0.00000256. The van der Waals surface area contributed by atoms with E-state index < -0.39 is 12.4 Å². The van der Waals surface area contributed by atoms with Crippen LogP contribution in [0.3, 0.4) is 0 Å². The first kappa shape index (κ1) is 18.2. The Bertz CT molecular complexity index is 275. The zero-order valence-electron chi connectivity index (χ0n) is 10.8. The number of hydrogen-bond donors (Lipinski definition) is 0. The number of rotatable bonds is 4. The molecule has 1 atom stereocenters. The zero-order chi connectivity index (χ0) is 12.4. The van der Waals surface area contributed by atoms with Gasteiger partial charge in [0.05, 0.1) is 5.60 Å². The smallest absolute Gasteiger partial charge is 0.445 e. The second-order valence-corrected chi connectivity index (χ2v) is 4.70. The Kier molecular flexibility index (Phi) is 7.55. The van der Waals surface area contributed by atoms with Gasteiger partial charge in [-0.05, 0) is 32.9 Å². The maximum absolute atomic E-state index is 12.4. The van der Waals surface area contributed by atoms with Crippen LogP contribution in [0.5, 0.6) is 0 Å². The van der Waals surface area contributed by atoms with Crippen molar-refractivity contribution in [1.29, 1.82) is 0 Å². The van der Waals surface area contributed by atoms with E-state index in [0.717, 1.165) is 12.8 Å². The van der Waals surface area contributed by atoms with Crippen LogP contribution in [0.25, 0.3) is 0 Å². The predicted molar refractivity (Wildman–Crippen MR) is 59.3 cm³/mol. The van der Waals surface area contributed by atoms with Gasteiger partial charge in [0.15, 0.2) is 0 Å². The topological polar surface area (TPSA) is 12.5 Å². The van der Waals surface area contributed by atoms with Crippen LogP contribution in [0.4, 0.5) is 12.9 Å². The third kappa shape index (κ3) is 5.76. The number of nitrogens with zero attached hydrogens (tertiary/aromatic N) is 1. The maximum atomic E-state index is 12.4. The first-order valence-electron chi connectivity index (χ1n) is 5.42. The SMILES string of the molecule is C=C(CN1CCCC(C)(OC)C1)[B-](F)(F)F.[K+]. The Morgan fingerprint density at radius 3 is 2.53 bits per heavy atom. The van der Waals surface area contributed by atoms with Crippen LogP contribution < -0.4 is 51.4 Å². The van der Waals surface area contributed by atoms with Crippen molar-refractivity contribution in [1.82, 2.24) is 4.90 Å². The molecule has 0 amide bonds. The van der Waals surface area contributed by atoms with Gasteiger partial charge in [-0.3, -0.25) is 4.90 Å². The molecule has 1 fully saturated rings. The van der Waals surface area contributed by atoms with Crippen molar-refractivity contribution in [3.8, 4) is 0 Å². The molecule has 0 aromatic carbocycles. The van der Waals surface area contributed by atoms with Crippen molar-refractivity contribution in [3.63, 3.8) is 0 Å². The van der Waals surface area contributed by atoms with E-state index in [2.05, 4.69) is 6.58 Å². The number of ether oxygens (including phenoxy) is 1. The molecule has 0 N–H and O–H groups in total. The van der Waals surface area contributed by atoms with Gasteiger partial charge in [0.1, 0.15) is 0 Å². The summed E-state index contributed by atoms with van der Waals surface area (Å²) < 4.78 is 42.5. The summed E-state index contributed by atoms with van der Waals surface area (Å²) in [5.41, 5.74) is -0.947. The van der Waals surface area contributed by atoms with Gasteiger partial charge in [0, 0.05) is 13.7 Å². The van der Waals surface area contributed by atoms with Gasteiger partial charge in [0.25, 0.3) is 0 Å². The fourth-order valence-corrected chi connectivity index (χ4v) is 2.00. The van der Waals surface area contributed by atoms with Crippen LogP contribution in [0.1, 0.15) is 19.8 Å². The van der Waals surface area contributed by atoms with Gasteiger partial charge in [-0.1, -0.05) is 0 Å². The molecule has 1 saturated heterocycles. The zero-order valence-corrected chi connectivity index (χ0v) is 13.9. The van der Waals surface area contributed by atoms with Crippen molar-refractivity contribution in [2.24, 2.45) is 0 Å². The van der Waals surface area contributed by atoms with Crippen LogP contribution in [0.2, 0.25) is 0 Å². The molecule has 2 nitrogen and oxygen atoms in total. The van der Waals surface area contributed by atoms with E-state index in [-0.39, 0.29) is 63.5 Å². The van der Waals surface area contributed by atoms with E-state index in [1.807, 2.05) is 6.92 Å². The minimum Gasteiger partial charge on any atom is -0.445 e. The second kappa shape index (κ2) is 7.07. The van der Waals surface area contributed by atoms with Gasteiger partial charge in [0.2, 0.25) is 0 Å². The summed E-state index contributed by atoms with van der Waals surface area (Å²) in [5, 5.41) is 0. The molecule has 7 heteroatoms. The van der Waals surface area contributed by atoms with Crippen LogP contribution >= 0.6 is 0 Å². The molecule has 0 saturated carbocycles. The number of hydrogen-bond acceptors (Lipinski definition) is 2. The van der Waals surface area contributed by atoms with Gasteiger partial charge in [-0.2, -0.15) is 0 Å². The molecular formula is C10H18BF3KNO. The third-order valence-electron chi connectivity index (χ3n) is 3.12. The van der Waals surface area contributed by atoms with Crippen molar-refractivity contribution >= 4 is 6.98 Å². The molecule has 1 unspecified atom stereocenters. The fourth-order valence-electron chi connectivity index (χ4n) is 2.00. The Hall–Kier alpha value is 1.15. The fraction of sp³-hybridized carbons (Fsp3) is 0.800. The van der Waals surface area contributed by atoms with Crippen molar-refractivity contribution in [2.45, 2.75) is 25.4 Å². The van der Waals surface area contributed by atoms with Gasteiger partial charge in [-0.15, -0.1) is 12.1 Å². The van der Waals surface area contributed by atoms with Crippen LogP contribution in [-0.2, 0) is 4.74 Å². The average Bonchev–Trinajstić information content (AvgIpc) is 2.16. The first-order chi connectivity index (χ1) is 7.27. The van der Waals surface area contributed by atoms with E-state index >= 15 is 0 Å². The summed E-state index contributed by atoms with van der Waals surface area (Å²) in [6.45, 7) is 1.26. The molecular weight excluding hydrogens is 257 g/mol. The normalized spacial score (nSPS) is 26.4. The molecule has 0 bridgehead atoms. The van der Waals surface area contributed by atoms with E-state index in [1.165, 1.54) is 0 Å². The van der Waals surface area contributed by atoms with Gasteiger partial charge >= 0.3 is 58.4 Å². The Morgan fingerprint density at radius 1 is 1.47 bits per heavy atom. The molecule has 0 aromatic heterocycles. The van der Waals surface area contributed by atoms with Gasteiger partial charge in [-0.25, -0.2) is 0 Å². The molecule has 1 aliphatic heterocycles. The molecule has 0 aromatic rings. The largest absolute Gasteiger partial charge is 1.00 e. The minimum absolute atomic E-state index is 0. The van der Waals surface area contributed by atoms with Crippen LogP contribution in [-0.4, -0.2) is 44.2 Å². The Morgan fingerprint density at radius 2 is 2.06 bits per heavy atom. The summed E-state index contributed by atoms with van der Waals surface area (Å²) in [6, 6.07) is 0. The number of halogens is 3. The summed E-state index contributed by atoms with van der Waals surface area (Å²) in [5.74, 6) is 0. The van der Waals surface area contributed by atoms with Crippen LogP contribution in [0.15, 0.2) is 12.1 Å². The monoisotopic (exact) mass is 275 g/mol. The van der Waals surface area contributed by atoms with Gasteiger partial charge < -0.3 is 17.7 Å². The van der Waals surface area contributed by atoms with E-state index in [1.54, 1.807) is 12.0 Å². The van der Waals surface area contributed by atoms with Crippen LogP contribution in [0, 0.1) is 0 Å². The molecule has 17 heavy (non-hydrogen) atoms. The number of piperidine rings is 1. The molecule has 0 aliphatic carbocycles. The number of likely N-dealkylation sites (tertiary alicyclic amines) is 1. The van der Waals surface area contributed by atoms with Crippen molar-refractivity contribution < 1.29 is 69.1 Å². The van der Waals surface area contributed by atoms with E-state index in [9.17, 15) is 12.9 Å². The minimum atomic E-state index is -4.92. The summed E-state index contributed by atoms with van der Waals surface area (Å²) in [4.78, 5) is 1.77. The second-order valence-electron chi connectivity index (χ2n) is 4.70. The predicted octanol–water partition coefficient (Wildman–Crippen LogP) is -0.566. The molecule has 0 spiro atoms. The van der Waals surface area contributed by atoms with Crippen molar-refractivity contribution in [2.75, 3.05) is 26.7 Å². The molecule has 1 heterocycles. The molecule has 94 valence electrons. The van der Waals surface area contributed by atoms with Crippen molar-refractivity contribution in [3.05, 3.63) is 12.1 Å². The maximum Gasteiger partial charge on any atom is 1.00 e. The van der Waals surface area contributed by atoms with E-state index in [0.29, 0.717) is 13.1 Å². The molecule has 1 rings (SSSR count). The Labute approximate surface area is 143 Å².